The van der Waals surface area contributed by atoms with Gasteiger partial charge in [-0.05, 0) is 40.2 Å². The molecular formula is C17H19N. The summed E-state index contributed by atoms with van der Waals surface area (Å²) >= 11 is 0. The SMILES string of the molecule is CC1c2ccc(-c3ccccc3)cc2C(N)C1C. The van der Waals surface area contributed by atoms with Crippen LogP contribution in [0.15, 0.2) is 48.5 Å². The van der Waals surface area contributed by atoms with Gasteiger partial charge in [0.1, 0.15) is 0 Å². The number of benzene rings is 2. The Bertz CT molecular complexity index is 559. The summed E-state index contributed by atoms with van der Waals surface area (Å²) in [4.78, 5) is 0. The van der Waals surface area contributed by atoms with Gasteiger partial charge in [0.2, 0.25) is 0 Å². The van der Waals surface area contributed by atoms with Crippen molar-refractivity contribution in [3.05, 3.63) is 59.7 Å². The van der Waals surface area contributed by atoms with Gasteiger partial charge in [-0.3, -0.25) is 0 Å². The fourth-order valence-electron chi connectivity index (χ4n) is 2.97. The summed E-state index contributed by atoms with van der Waals surface area (Å²) in [5.74, 6) is 1.10. The molecule has 2 N–H and O–H groups in total. The number of hydrogen-bond donors (Lipinski definition) is 1. The van der Waals surface area contributed by atoms with E-state index in [9.17, 15) is 0 Å². The van der Waals surface area contributed by atoms with Gasteiger partial charge in [0.25, 0.3) is 0 Å². The van der Waals surface area contributed by atoms with E-state index in [1.165, 1.54) is 22.3 Å². The molecule has 1 aliphatic carbocycles. The smallest absolute Gasteiger partial charge is 0.0329 e. The molecule has 0 bridgehead atoms. The molecule has 2 aromatic rings. The van der Waals surface area contributed by atoms with Crippen LogP contribution in [0.25, 0.3) is 11.1 Å². The molecule has 0 aliphatic heterocycles. The first-order valence-corrected chi connectivity index (χ1v) is 6.63. The van der Waals surface area contributed by atoms with E-state index in [1.54, 1.807) is 0 Å². The molecule has 2 aromatic carbocycles. The molecule has 0 saturated carbocycles. The van der Waals surface area contributed by atoms with Crippen LogP contribution in [0, 0.1) is 5.92 Å². The maximum absolute atomic E-state index is 6.33. The van der Waals surface area contributed by atoms with Crippen molar-refractivity contribution in [3.63, 3.8) is 0 Å². The van der Waals surface area contributed by atoms with Gasteiger partial charge in [0, 0.05) is 6.04 Å². The summed E-state index contributed by atoms with van der Waals surface area (Å²) in [5, 5.41) is 0. The van der Waals surface area contributed by atoms with Crippen LogP contribution in [0.5, 0.6) is 0 Å². The van der Waals surface area contributed by atoms with Crippen molar-refractivity contribution in [1.82, 2.24) is 0 Å². The number of nitrogens with two attached hydrogens (primary N) is 1. The first-order chi connectivity index (χ1) is 8.68. The Labute approximate surface area is 109 Å². The van der Waals surface area contributed by atoms with E-state index in [2.05, 4.69) is 56.3 Å². The van der Waals surface area contributed by atoms with Crippen molar-refractivity contribution < 1.29 is 0 Å². The number of rotatable bonds is 1. The normalized spacial score (nSPS) is 26.1. The zero-order valence-corrected chi connectivity index (χ0v) is 10.9. The second kappa shape index (κ2) is 4.25. The third-order valence-electron chi connectivity index (χ3n) is 4.40. The van der Waals surface area contributed by atoms with Crippen molar-refractivity contribution in [2.24, 2.45) is 11.7 Å². The second-order valence-corrected chi connectivity index (χ2v) is 5.38. The quantitative estimate of drug-likeness (QED) is 0.793. The molecule has 3 rings (SSSR count). The van der Waals surface area contributed by atoms with Gasteiger partial charge in [-0.25, -0.2) is 0 Å². The minimum absolute atomic E-state index is 0.179. The molecular weight excluding hydrogens is 218 g/mol. The summed E-state index contributed by atoms with van der Waals surface area (Å²) in [6, 6.07) is 17.4. The van der Waals surface area contributed by atoms with Gasteiger partial charge in [-0.1, -0.05) is 56.3 Å². The fourth-order valence-corrected chi connectivity index (χ4v) is 2.97. The van der Waals surface area contributed by atoms with Gasteiger partial charge >= 0.3 is 0 Å². The van der Waals surface area contributed by atoms with E-state index in [1.807, 2.05) is 6.07 Å². The topological polar surface area (TPSA) is 26.0 Å². The first kappa shape index (κ1) is 11.5. The van der Waals surface area contributed by atoms with Crippen LogP contribution < -0.4 is 5.73 Å². The van der Waals surface area contributed by atoms with Crippen LogP contribution in [-0.4, -0.2) is 0 Å². The largest absolute Gasteiger partial charge is 0.324 e. The summed E-state index contributed by atoms with van der Waals surface area (Å²) in [6.07, 6.45) is 0. The Morgan fingerprint density at radius 3 is 2.28 bits per heavy atom. The predicted octanol–water partition coefficient (Wildman–Crippen LogP) is 4.11. The summed E-state index contributed by atoms with van der Waals surface area (Å²) in [7, 11) is 0. The molecule has 3 atom stereocenters. The lowest BCUT2D eigenvalue weighted by molar-refractivity contribution is 0.451. The van der Waals surface area contributed by atoms with Crippen molar-refractivity contribution in [2.75, 3.05) is 0 Å². The first-order valence-electron chi connectivity index (χ1n) is 6.63. The zero-order chi connectivity index (χ0) is 12.7. The van der Waals surface area contributed by atoms with Crippen molar-refractivity contribution in [3.8, 4) is 11.1 Å². The highest BCUT2D eigenvalue weighted by atomic mass is 14.7. The Morgan fingerprint density at radius 1 is 0.833 bits per heavy atom. The van der Waals surface area contributed by atoms with E-state index in [4.69, 9.17) is 5.73 Å². The fraction of sp³-hybridized carbons (Fsp3) is 0.294. The van der Waals surface area contributed by atoms with E-state index in [-0.39, 0.29) is 6.04 Å². The lowest BCUT2D eigenvalue weighted by Gasteiger charge is -2.13. The molecule has 1 nitrogen and oxygen atoms in total. The van der Waals surface area contributed by atoms with Crippen LogP contribution >= 0.6 is 0 Å². The van der Waals surface area contributed by atoms with E-state index >= 15 is 0 Å². The maximum Gasteiger partial charge on any atom is 0.0329 e. The lowest BCUT2D eigenvalue weighted by Crippen LogP contribution is -2.15. The summed E-state index contributed by atoms with van der Waals surface area (Å²) < 4.78 is 0. The standard InChI is InChI=1S/C17H19N/c1-11-12(2)17(18)16-10-14(8-9-15(11)16)13-6-4-3-5-7-13/h3-12,17H,18H2,1-2H3. The molecule has 18 heavy (non-hydrogen) atoms. The molecule has 0 aromatic heterocycles. The van der Waals surface area contributed by atoms with Crippen LogP contribution in [0.1, 0.15) is 36.9 Å². The summed E-state index contributed by atoms with van der Waals surface area (Å²) in [6.45, 7) is 4.52. The van der Waals surface area contributed by atoms with Crippen molar-refractivity contribution in [1.29, 1.82) is 0 Å². The Morgan fingerprint density at radius 2 is 1.56 bits per heavy atom. The minimum Gasteiger partial charge on any atom is -0.324 e. The maximum atomic E-state index is 6.33. The van der Waals surface area contributed by atoms with Gasteiger partial charge in [0.15, 0.2) is 0 Å². The molecule has 0 saturated heterocycles. The summed E-state index contributed by atoms with van der Waals surface area (Å²) in [5.41, 5.74) is 11.6. The lowest BCUT2D eigenvalue weighted by atomic mass is 9.95. The van der Waals surface area contributed by atoms with Crippen LogP contribution in [0.2, 0.25) is 0 Å². The molecule has 1 heteroatoms. The molecule has 0 radical (unpaired) electrons. The van der Waals surface area contributed by atoms with Crippen molar-refractivity contribution in [2.45, 2.75) is 25.8 Å². The molecule has 0 spiro atoms. The van der Waals surface area contributed by atoms with Crippen LogP contribution in [0.3, 0.4) is 0 Å². The van der Waals surface area contributed by atoms with Gasteiger partial charge in [-0.15, -0.1) is 0 Å². The molecule has 92 valence electrons. The monoisotopic (exact) mass is 237 g/mol. The number of hydrogen-bond acceptors (Lipinski definition) is 1. The highest BCUT2D eigenvalue weighted by molar-refractivity contribution is 5.65. The Balaban J connectivity index is 2.08. The van der Waals surface area contributed by atoms with E-state index in [0.29, 0.717) is 11.8 Å². The predicted molar refractivity (Wildman–Crippen MR) is 76.4 cm³/mol. The van der Waals surface area contributed by atoms with E-state index < -0.39 is 0 Å². The Kier molecular flexibility index (Phi) is 2.71. The average Bonchev–Trinajstić information content (AvgIpc) is 2.65. The van der Waals surface area contributed by atoms with Gasteiger partial charge in [-0.2, -0.15) is 0 Å². The van der Waals surface area contributed by atoms with Gasteiger partial charge in [0.05, 0.1) is 0 Å². The average molecular weight is 237 g/mol. The second-order valence-electron chi connectivity index (χ2n) is 5.38. The molecule has 0 fully saturated rings. The highest BCUT2D eigenvalue weighted by Gasteiger charge is 2.32. The van der Waals surface area contributed by atoms with Crippen LogP contribution in [0.4, 0.5) is 0 Å². The number of fused-ring (bicyclic) bond motifs is 1. The molecule has 0 heterocycles. The third-order valence-corrected chi connectivity index (χ3v) is 4.40. The van der Waals surface area contributed by atoms with Crippen LogP contribution in [-0.2, 0) is 0 Å². The minimum atomic E-state index is 0.179. The third kappa shape index (κ3) is 1.67. The highest BCUT2D eigenvalue weighted by Crippen LogP contribution is 2.44. The Hall–Kier alpha value is -1.60. The molecule has 3 unspecified atom stereocenters. The van der Waals surface area contributed by atoms with Crippen molar-refractivity contribution >= 4 is 0 Å². The molecule has 1 aliphatic rings. The zero-order valence-electron chi connectivity index (χ0n) is 10.9. The van der Waals surface area contributed by atoms with E-state index in [0.717, 1.165) is 0 Å². The molecule has 0 amide bonds. The van der Waals surface area contributed by atoms with Gasteiger partial charge < -0.3 is 5.73 Å².